The highest BCUT2D eigenvalue weighted by atomic mass is 32.1. The van der Waals surface area contributed by atoms with Crippen molar-refractivity contribution in [3.8, 4) is 6.07 Å². The Kier molecular flexibility index (Phi) is 5.43. The van der Waals surface area contributed by atoms with Crippen LogP contribution in [-0.2, 0) is 11.3 Å². The zero-order valence-electron chi connectivity index (χ0n) is 17.9. The zero-order chi connectivity index (χ0) is 23.8. The summed E-state index contributed by atoms with van der Waals surface area (Å²) in [5.74, 6) is -0.418. The van der Waals surface area contributed by atoms with Crippen molar-refractivity contribution in [1.82, 2.24) is 14.8 Å². The average molecular weight is 474 g/mol. The fourth-order valence-corrected chi connectivity index (χ4v) is 5.56. The molecule has 0 saturated heterocycles. The van der Waals surface area contributed by atoms with Gasteiger partial charge in [0.05, 0.1) is 34.7 Å². The molecule has 0 radical (unpaired) electrons. The van der Waals surface area contributed by atoms with Crippen LogP contribution < -0.4 is 10.6 Å². The molecule has 0 bridgehead atoms. The fourth-order valence-electron chi connectivity index (χ4n) is 4.54. The number of nitro benzene ring substituents is 1. The van der Waals surface area contributed by atoms with Gasteiger partial charge in [-0.1, -0.05) is 6.07 Å². The number of allylic oxidation sites excluding steroid dienone is 3. The first-order valence-corrected chi connectivity index (χ1v) is 11.5. The van der Waals surface area contributed by atoms with Crippen LogP contribution in [0, 0.1) is 21.4 Å². The minimum Gasteiger partial charge on any atom is -0.384 e. The standard InChI is InChI=1S/C23H19N7O3S/c24-9-17-21(20-7-14(11-34-20)10-28-13-26-12-27-28)22-18(5-2-6-19(22)31)29(23(17)25)15-3-1-4-16(8-15)30(32)33/h1,3-4,7-8,11-13,21H,2,5-6,10,25H2/t21-/m1/s1. The molecule has 11 heteroatoms. The largest absolute Gasteiger partial charge is 0.384 e. The maximum Gasteiger partial charge on any atom is 0.271 e. The third kappa shape index (κ3) is 3.64. The number of Topliss-reactive ketones (excluding diaryl/α,β-unsaturated/α-hetero) is 1. The Bertz CT molecular complexity index is 1400. The summed E-state index contributed by atoms with van der Waals surface area (Å²) in [4.78, 5) is 30.5. The van der Waals surface area contributed by atoms with Gasteiger partial charge in [0, 0.05) is 34.7 Å². The van der Waals surface area contributed by atoms with Gasteiger partial charge in [-0.3, -0.25) is 19.8 Å². The highest BCUT2D eigenvalue weighted by Crippen LogP contribution is 2.47. The first kappa shape index (κ1) is 21.5. The lowest BCUT2D eigenvalue weighted by atomic mass is 9.78. The number of nitrogens with two attached hydrogens (primary N) is 1. The number of nitriles is 1. The number of benzene rings is 1. The Morgan fingerprint density at radius 2 is 2.18 bits per heavy atom. The van der Waals surface area contributed by atoms with Crippen LogP contribution in [0.4, 0.5) is 11.4 Å². The third-order valence-corrected chi connectivity index (χ3v) is 7.03. The number of carbonyl (C=O) groups is 1. The van der Waals surface area contributed by atoms with Gasteiger partial charge >= 0.3 is 0 Å². The van der Waals surface area contributed by atoms with E-state index in [4.69, 9.17) is 5.73 Å². The molecular formula is C23H19N7O3S. The lowest BCUT2D eigenvalue weighted by molar-refractivity contribution is -0.384. The molecule has 2 N–H and O–H groups in total. The summed E-state index contributed by atoms with van der Waals surface area (Å²) < 4.78 is 1.70. The van der Waals surface area contributed by atoms with E-state index < -0.39 is 10.8 Å². The molecule has 3 aromatic rings. The van der Waals surface area contributed by atoms with Crippen LogP contribution in [0.5, 0.6) is 0 Å². The Hall–Kier alpha value is -4.30. The average Bonchev–Trinajstić information content (AvgIpc) is 3.51. The van der Waals surface area contributed by atoms with Crippen LogP contribution in [-0.4, -0.2) is 25.5 Å². The van der Waals surface area contributed by atoms with Crippen molar-refractivity contribution in [2.24, 2.45) is 5.73 Å². The van der Waals surface area contributed by atoms with Gasteiger partial charge in [-0.05, 0) is 35.9 Å². The highest BCUT2D eigenvalue weighted by molar-refractivity contribution is 7.10. The molecule has 1 aliphatic carbocycles. The maximum atomic E-state index is 13.2. The predicted molar refractivity (Wildman–Crippen MR) is 124 cm³/mol. The summed E-state index contributed by atoms with van der Waals surface area (Å²) in [6.07, 6.45) is 4.70. The molecule has 1 atom stereocenters. The van der Waals surface area contributed by atoms with E-state index in [0.717, 1.165) is 10.4 Å². The van der Waals surface area contributed by atoms with Gasteiger partial charge in [-0.15, -0.1) is 11.3 Å². The number of ketones is 1. The summed E-state index contributed by atoms with van der Waals surface area (Å²) in [6.45, 7) is 0.518. The van der Waals surface area contributed by atoms with Crippen molar-refractivity contribution in [3.05, 3.63) is 91.6 Å². The maximum absolute atomic E-state index is 13.2. The van der Waals surface area contributed by atoms with Crippen molar-refractivity contribution >= 4 is 28.5 Å². The number of nitro groups is 1. The number of thiophene rings is 1. The number of aromatic nitrogens is 3. The van der Waals surface area contributed by atoms with E-state index in [2.05, 4.69) is 16.2 Å². The molecule has 0 fully saturated rings. The van der Waals surface area contributed by atoms with Crippen LogP contribution in [0.1, 0.15) is 35.6 Å². The van der Waals surface area contributed by atoms with Crippen molar-refractivity contribution in [2.45, 2.75) is 31.7 Å². The van der Waals surface area contributed by atoms with Gasteiger partial charge in [0.25, 0.3) is 5.69 Å². The minimum atomic E-state index is -0.572. The lowest BCUT2D eigenvalue weighted by Gasteiger charge is -2.39. The molecule has 34 heavy (non-hydrogen) atoms. The Morgan fingerprint density at radius 3 is 2.91 bits per heavy atom. The summed E-state index contributed by atoms with van der Waals surface area (Å²) in [6, 6.07) is 10.3. The lowest BCUT2D eigenvalue weighted by Crippen LogP contribution is -2.38. The number of hydrogen-bond acceptors (Lipinski definition) is 9. The van der Waals surface area contributed by atoms with E-state index in [-0.39, 0.29) is 22.9 Å². The molecule has 0 spiro atoms. The van der Waals surface area contributed by atoms with Gasteiger partial charge in [-0.25, -0.2) is 9.67 Å². The second kappa shape index (κ2) is 8.57. The highest BCUT2D eigenvalue weighted by Gasteiger charge is 2.41. The molecule has 5 rings (SSSR count). The van der Waals surface area contributed by atoms with Crippen molar-refractivity contribution in [3.63, 3.8) is 0 Å². The van der Waals surface area contributed by atoms with E-state index in [1.54, 1.807) is 28.0 Å². The van der Waals surface area contributed by atoms with Crippen LogP contribution >= 0.6 is 11.3 Å². The van der Waals surface area contributed by atoms with Gasteiger partial charge < -0.3 is 5.73 Å². The topological polar surface area (TPSA) is 144 Å². The quantitative estimate of drug-likeness (QED) is 0.437. The van der Waals surface area contributed by atoms with Crippen molar-refractivity contribution in [1.29, 1.82) is 5.26 Å². The number of non-ortho nitro benzene ring substituents is 1. The fraction of sp³-hybridized carbons (Fsp3) is 0.217. The zero-order valence-corrected chi connectivity index (χ0v) is 18.7. The monoisotopic (exact) mass is 473 g/mol. The van der Waals surface area contributed by atoms with E-state index in [1.807, 2.05) is 11.4 Å². The van der Waals surface area contributed by atoms with Gasteiger partial charge in [0.2, 0.25) is 0 Å². The summed E-state index contributed by atoms with van der Waals surface area (Å²) in [5, 5.41) is 27.6. The summed E-state index contributed by atoms with van der Waals surface area (Å²) in [5.41, 5.74) is 9.38. The number of anilines is 1. The minimum absolute atomic E-state index is 0.0341. The molecule has 3 heterocycles. The number of hydrogen-bond donors (Lipinski definition) is 1. The molecule has 0 amide bonds. The second-order valence-electron chi connectivity index (χ2n) is 8.04. The summed E-state index contributed by atoms with van der Waals surface area (Å²) >= 11 is 1.46. The molecule has 2 aromatic heterocycles. The van der Waals surface area contributed by atoms with Crippen LogP contribution in [0.25, 0.3) is 0 Å². The number of carbonyl (C=O) groups excluding carboxylic acids is 1. The molecule has 1 aromatic carbocycles. The second-order valence-corrected chi connectivity index (χ2v) is 8.99. The van der Waals surface area contributed by atoms with Gasteiger partial charge in [-0.2, -0.15) is 10.4 Å². The normalized spacial score (nSPS) is 18.1. The molecule has 10 nitrogen and oxygen atoms in total. The summed E-state index contributed by atoms with van der Waals surface area (Å²) in [7, 11) is 0. The molecule has 170 valence electrons. The van der Waals surface area contributed by atoms with Crippen LogP contribution in [0.3, 0.4) is 0 Å². The molecule has 0 saturated carbocycles. The predicted octanol–water partition coefficient (Wildman–Crippen LogP) is 3.60. The smallest absolute Gasteiger partial charge is 0.271 e. The molecular weight excluding hydrogens is 454 g/mol. The Labute approximate surface area is 198 Å². The van der Waals surface area contributed by atoms with E-state index in [1.165, 1.54) is 29.8 Å². The first-order chi connectivity index (χ1) is 16.5. The van der Waals surface area contributed by atoms with Gasteiger partial charge in [0.15, 0.2) is 5.78 Å². The van der Waals surface area contributed by atoms with Crippen LogP contribution in [0.15, 0.2) is 71.0 Å². The van der Waals surface area contributed by atoms with E-state index in [0.29, 0.717) is 42.8 Å². The van der Waals surface area contributed by atoms with Gasteiger partial charge in [0.1, 0.15) is 18.5 Å². The SMILES string of the molecule is N#CC1=C(N)N(c2cccc([N+](=O)[O-])c2)C2=C(C(=O)CCC2)[C@H]1c1cc(Cn2cncn2)cs1. The first-order valence-electron chi connectivity index (χ1n) is 10.6. The van der Waals surface area contributed by atoms with E-state index >= 15 is 0 Å². The molecule has 2 aliphatic rings. The van der Waals surface area contributed by atoms with Crippen LogP contribution in [0.2, 0.25) is 0 Å². The van der Waals surface area contributed by atoms with E-state index in [9.17, 15) is 20.2 Å². The van der Waals surface area contributed by atoms with Crippen molar-refractivity contribution in [2.75, 3.05) is 4.90 Å². The number of nitrogens with zero attached hydrogens (tertiary/aromatic N) is 6. The Balaban J connectivity index is 1.63. The van der Waals surface area contributed by atoms with Crippen molar-refractivity contribution < 1.29 is 9.72 Å². The molecule has 1 aliphatic heterocycles. The Morgan fingerprint density at radius 1 is 1.32 bits per heavy atom. The third-order valence-electron chi connectivity index (χ3n) is 5.98. The molecule has 0 unspecified atom stereocenters. The number of rotatable bonds is 5.